The van der Waals surface area contributed by atoms with Gasteiger partial charge >= 0.3 is 0 Å². The third kappa shape index (κ3) is 3.26. The Balaban J connectivity index is 2.83. The quantitative estimate of drug-likeness (QED) is 0.244. The minimum absolute atomic E-state index is 0.284. The van der Waals surface area contributed by atoms with Crippen LogP contribution < -0.4 is 11.3 Å². The number of methoxy groups -OCH3 is 1. The second-order valence-corrected chi connectivity index (χ2v) is 2.72. The molecule has 1 heterocycles. The number of halogens is 1. The molecule has 0 saturated heterocycles. The van der Waals surface area contributed by atoms with E-state index in [1.54, 1.807) is 7.11 Å². The number of amidine groups is 1. The standard InChI is InChI=1S/C9H13FN4O/c1-15-5-4-13-9(14-11)7-2-3-12-6-8(7)10/h2-3,6H,4-5,11H2,1H3,(H,13,14). The molecule has 0 aliphatic rings. The first-order valence-corrected chi connectivity index (χ1v) is 4.39. The lowest BCUT2D eigenvalue weighted by atomic mass is 10.2. The zero-order valence-electron chi connectivity index (χ0n) is 8.40. The summed E-state index contributed by atoms with van der Waals surface area (Å²) >= 11 is 0. The van der Waals surface area contributed by atoms with Crippen LogP contribution in [0.1, 0.15) is 5.56 Å². The van der Waals surface area contributed by atoms with Gasteiger partial charge in [-0.05, 0) is 6.07 Å². The molecular formula is C9H13FN4O. The third-order valence-electron chi connectivity index (χ3n) is 1.73. The molecule has 0 radical (unpaired) electrons. The lowest BCUT2D eigenvalue weighted by molar-refractivity contribution is 0.208. The van der Waals surface area contributed by atoms with Crippen molar-refractivity contribution < 1.29 is 9.13 Å². The Kier molecular flexibility index (Phi) is 4.65. The maximum Gasteiger partial charge on any atom is 0.152 e. The molecule has 0 amide bonds. The summed E-state index contributed by atoms with van der Waals surface area (Å²) in [6.45, 7) is 0.871. The number of pyridine rings is 1. The number of hydrazine groups is 1. The number of rotatable bonds is 4. The topological polar surface area (TPSA) is 72.5 Å². The van der Waals surface area contributed by atoms with Crippen LogP contribution in [-0.2, 0) is 4.74 Å². The van der Waals surface area contributed by atoms with Gasteiger partial charge in [0.1, 0.15) is 5.84 Å². The third-order valence-corrected chi connectivity index (χ3v) is 1.73. The van der Waals surface area contributed by atoms with Crippen LogP contribution in [0.2, 0.25) is 0 Å². The van der Waals surface area contributed by atoms with Gasteiger partial charge in [0.2, 0.25) is 0 Å². The van der Waals surface area contributed by atoms with Gasteiger partial charge in [0.25, 0.3) is 0 Å². The molecular weight excluding hydrogens is 199 g/mol. The summed E-state index contributed by atoms with van der Waals surface area (Å²) in [5.41, 5.74) is 2.64. The van der Waals surface area contributed by atoms with Gasteiger partial charge in [0.05, 0.1) is 24.9 Å². The Morgan fingerprint density at radius 3 is 3.13 bits per heavy atom. The number of ether oxygens (including phenoxy) is 1. The summed E-state index contributed by atoms with van der Waals surface area (Å²) in [6, 6.07) is 1.50. The van der Waals surface area contributed by atoms with Crippen molar-refractivity contribution in [3.63, 3.8) is 0 Å². The second kappa shape index (κ2) is 6.05. The van der Waals surface area contributed by atoms with E-state index in [-0.39, 0.29) is 5.84 Å². The minimum atomic E-state index is -0.466. The largest absolute Gasteiger partial charge is 0.383 e. The number of nitrogens with zero attached hydrogens (tertiary/aromatic N) is 2. The Hall–Kier alpha value is -1.53. The van der Waals surface area contributed by atoms with Crippen molar-refractivity contribution >= 4 is 5.84 Å². The second-order valence-electron chi connectivity index (χ2n) is 2.72. The average Bonchev–Trinajstić information content (AvgIpc) is 2.26. The van der Waals surface area contributed by atoms with Gasteiger partial charge in [-0.25, -0.2) is 10.2 Å². The smallest absolute Gasteiger partial charge is 0.152 e. The van der Waals surface area contributed by atoms with Gasteiger partial charge in [-0.3, -0.25) is 9.98 Å². The van der Waals surface area contributed by atoms with E-state index >= 15 is 0 Å². The highest BCUT2D eigenvalue weighted by molar-refractivity contribution is 5.98. The van der Waals surface area contributed by atoms with Crippen molar-refractivity contribution in [3.8, 4) is 0 Å². The Bertz CT molecular complexity index is 343. The van der Waals surface area contributed by atoms with Gasteiger partial charge in [-0.2, -0.15) is 0 Å². The minimum Gasteiger partial charge on any atom is -0.383 e. The van der Waals surface area contributed by atoms with Crippen LogP contribution in [0.15, 0.2) is 23.5 Å². The summed E-state index contributed by atoms with van der Waals surface area (Å²) in [6.07, 6.45) is 2.58. The van der Waals surface area contributed by atoms with Gasteiger partial charge in [-0.15, -0.1) is 0 Å². The van der Waals surface area contributed by atoms with Crippen LogP contribution >= 0.6 is 0 Å². The first kappa shape index (κ1) is 11.5. The van der Waals surface area contributed by atoms with E-state index in [2.05, 4.69) is 15.4 Å². The van der Waals surface area contributed by atoms with Gasteiger partial charge in [0.15, 0.2) is 5.82 Å². The molecule has 15 heavy (non-hydrogen) atoms. The van der Waals surface area contributed by atoms with Crippen LogP contribution in [0, 0.1) is 5.82 Å². The Labute approximate surface area is 87.1 Å². The molecule has 5 nitrogen and oxygen atoms in total. The van der Waals surface area contributed by atoms with E-state index in [1.807, 2.05) is 0 Å². The van der Waals surface area contributed by atoms with Gasteiger partial charge in [-0.1, -0.05) is 0 Å². The molecule has 0 aliphatic heterocycles. The van der Waals surface area contributed by atoms with Crippen LogP contribution in [0.4, 0.5) is 4.39 Å². The van der Waals surface area contributed by atoms with Gasteiger partial charge in [0, 0.05) is 13.3 Å². The molecule has 0 spiro atoms. The van der Waals surface area contributed by atoms with Crippen molar-refractivity contribution in [1.29, 1.82) is 0 Å². The fourth-order valence-electron chi connectivity index (χ4n) is 1.02. The predicted molar refractivity (Wildman–Crippen MR) is 54.8 cm³/mol. The van der Waals surface area contributed by atoms with Crippen LogP contribution in [0.3, 0.4) is 0 Å². The first-order valence-electron chi connectivity index (χ1n) is 4.39. The van der Waals surface area contributed by atoms with Gasteiger partial charge < -0.3 is 10.2 Å². The maximum absolute atomic E-state index is 13.3. The average molecular weight is 212 g/mol. The zero-order chi connectivity index (χ0) is 11.1. The van der Waals surface area contributed by atoms with Crippen molar-refractivity contribution in [2.24, 2.45) is 10.8 Å². The normalized spacial score (nSPS) is 11.5. The van der Waals surface area contributed by atoms with Crippen molar-refractivity contribution in [2.75, 3.05) is 20.3 Å². The van der Waals surface area contributed by atoms with E-state index in [4.69, 9.17) is 10.6 Å². The summed E-state index contributed by atoms with van der Waals surface area (Å²) in [5.74, 6) is 5.07. The molecule has 82 valence electrons. The van der Waals surface area contributed by atoms with Crippen LogP contribution in [0.25, 0.3) is 0 Å². The highest BCUT2D eigenvalue weighted by atomic mass is 19.1. The number of nitrogens with one attached hydrogen (secondary N) is 1. The SMILES string of the molecule is COCCN=C(NN)c1ccncc1F. The molecule has 6 heteroatoms. The summed E-state index contributed by atoms with van der Waals surface area (Å²) in [4.78, 5) is 7.69. The summed E-state index contributed by atoms with van der Waals surface area (Å²) in [5, 5.41) is 0. The number of hydrogen-bond donors (Lipinski definition) is 2. The molecule has 0 saturated carbocycles. The molecule has 0 fully saturated rings. The number of hydrogen-bond acceptors (Lipinski definition) is 4. The van der Waals surface area contributed by atoms with E-state index in [9.17, 15) is 4.39 Å². The number of nitrogens with two attached hydrogens (primary N) is 1. The zero-order valence-corrected chi connectivity index (χ0v) is 8.40. The molecule has 3 N–H and O–H groups in total. The molecule has 0 aliphatic carbocycles. The number of aromatic nitrogens is 1. The molecule has 0 unspecified atom stereocenters. The molecule has 0 bridgehead atoms. The monoisotopic (exact) mass is 212 g/mol. The van der Waals surface area contributed by atoms with E-state index in [1.165, 1.54) is 12.3 Å². The lowest BCUT2D eigenvalue weighted by Gasteiger charge is -2.06. The Morgan fingerprint density at radius 1 is 1.73 bits per heavy atom. The highest BCUT2D eigenvalue weighted by Crippen LogP contribution is 2.04. The van der Waals surface area contributed by atoms with E-state index in [0.717, 1.165) is 6.20 Å². The van der Waals surface area contributed by atoms with Crippen molar-refractivity contribution in [1.82, 2.24) is 10.4 Å². The Morgan fingerprint density at radius 2 is 2.53 bits per heavy atom. The van der Waals surface area contributed by atoms with E-state index in [0.29, 0.717) is 18.7 Å². The predicted octanol–water partition coefficient (Wildman–Crippen LogP) is 0.0770. The fourth-order valence-corrected chi connectivity index (χ4v) is 1.02. The molecule has 1 rings (SSSR count). The van der Waals surface area contributed by atoms with Crippen molar-refractivity contribution in [3.05, 3.63) is 29.8 Å². The molecule has 0 aromatic carbocycles. The number of aliphatic imine (C=N–C) groups is 1. The highest BCUT2D eigenvalue weighted by Gasteiger charge is 2.07. The molecule has 0 atom stereocenters. The van der Waals surface area contributed by atoms with Crippen LogP contribution in [-0.4, -0.2) is 31.1 Å². The lowest BCUT2D eigenvalue weighted by Crippen LogP contribution is -2.32. The fraction of sp³-hybridized carbons (Fsp3) is 0.333. The maximum atomic E-state index is 13.3. The van der Waals surface area contributed by atoms with Crippen LogP contribution in [0.5, 0.6) is 0 Å². The first-order chi connectivity index (χ1) is 7.29. The molecule has 1 aromatic rings. The molecule has 1 aromatic heterocycles. The van der Waals surface area contributed by atoms with Crippen molar-refractivity contribution in [2.45, 2.75) is 0 Å². The summed E-state index contributed by atoms with van der Waals surface area (Å²) in [7, 11) is 1.57. The van der Waals surface area contributed by atoms with E-state index < -0.39 is 5.82 Å². The summed E-state index contributed by atoms with van der Waals surface area (Å²) < 4.78 is 18.1.